The fraction of sp³-hybridized carbons (Fsp3) is 0.875. The fourth-order valence-electron chi connectivity index (χ4n) is 3.68. The van der Waals surface area contributed by atoms with E-state index < -0.39 is 5.97 Å². The summed E-state index contributed by atoms with van der Waals surface area (Å²) in [5.74, 6) is -0.482. The Labute approximate surface area is 125 Å². The van der Waals surface area contributed by atoms with E-state index in [1.165, 1.54) is 0 Å². The molecule has 0 aromatic heterocycles. The normalized spacial score (nSPS) is 32.9. The third-order valence-electron chi connectivity index (χ3n) is 5.12. The molecule has 5 heteroatoms. The molecule has 0 bridgehead atoms. The minimum absolute atomic E-state index is 0.0808. The largest absolute Gasteiger partial charge is 0.481 e. The smallest absolute Gasteiger partial charge is 0.306 e. The van der Waals surface area contributed by atoms with Gasteiger partial charge in [-0.1, -0.05) is 6.42 Å². The second-order valence-corrected chi connectivity index (χ2v) is 6.85. The summed E-state index contributed by atoms with van der Waals surface area (Å²) in [6.45, 7) is 2.37. The predicted molar refractivity (Wildman–Crippen MR) is 76.7 cm³/mol. The lowest BCUT2D eigenvalue weighted by Crippen LogP contribution is -2.43. The van der Waals surface area contributed by atoms with Crippen molar-refractivity contribution in [3.05, 3.63) is 0 Å². The standard InChI is InChI=1S/C16H25NO4/c18-15(12-2-1-3-13(8-12)16(19)20)17(14-4-5-14)9-11-6-7-21-10-11/h11-14H,1-10H2,(H,19,20). The highest BCUT2D eigenvalue weighted by Crippen LogP contribution is 2.35. The number of carboxylic acid groups (broad SMARTS) is 1. The van der Waals surface area contributed by atoms with Gasteiger partial charge in [-0.25, -0.2) is 0 Å². The Hall–Kier alpha value is -1.10. The van der Waals surface area contributed by atoms with Gasteiger partial charge in [0.15, 0.2) is 0 Å². The van der Waals surface area contributed by atoms with Gasteiger partial charge in [0, 0.05) is 31.0 Å². The molecular formula is C16H25NO4. The van der Waals surface area contributed by atoms with Crippen molar-refractivity contribution in [2.45, 2.75) is 51.0 Å². The average molecular weight is 295 g/mol. The Kier molecular flexibility index (Phi) is 4.48. The Bertz CT molecular complexity index is 401. The molecule has 5 nitrogen and oxygen atoms in total. The van der Waals surface area contributed by atoms with E-state index in [2.05, 4.69) is 0 Å². The van der Waals surface area contributed by atoms with E-state index in [4.69, 9.17) is 4.74 Å². The fourth-order valence-corrected chi connectivity index (χ4v) is 3.68. The van der Waals surface area contributed by atoms with E-state index >= 15 is 0 Å². The van der Waals surface area contributed by atoms with Crippen LogP contribution in [0.4, 0.5) is 0 Å². The molecule has 0 spiro atoms. The molecule has 118 valence electrons. The van der Waals surface area contributed by atoms with Crippen molar-refractivity contribution in [2.75, 3.05) is 19.8 Å². The Balaban J connectivity index is 1.61. The van der Waals surface area contributed by atoms with Crippen LogP contribution in [-0.4, -0.2) is 47.7 Å². The molecular weight excluding hydrogens is 270 g/mol. The van der Waals surface area contributed by atoms with Crippen molar-refractivity contribution in [1.29, 1.82) is 0 Å². The van der Waals surface area contributed by atoms with E-state index in [0.29, 0.717) is 18.4 Å². The van der Waals surface area contributed by atoms with E-state index in [1.807, 2.05) is 4.90 Å². The molecule has 1 N–H and O–H groups in total. The first kappa shape index (κ1) is 14.8. The van der Waals surface area contributed by atoms with E-state index in [1.54, 1.807) is 0 Å². The molecule has 2 saturated carbocycles. The van der Waals surface area contributed by atoms with Crippen molar-refractivity contribution in [3.8, 4) is 0 Å². The highest BCUT2D eigenvalue weighted by molar-refractivity contribution is 5.81. The lowest BCUT2D eigenvalue weighted by Gasteiger charge is -2.32. The molecule has 3 aliphatic rings. The van der Waals surface area contributed by atoms with Gasteiger partial charge in [0.25, 0.3) is 0 Å². The number of nitrogens with zero attached hydrogens (tertiary/aromatic N) is 1. The summed E-state index contributed by atoms with van der Waals surface area (Å²) < 4.78 is 5.42. The van der Waals surface area contributed by atoms with Crippen molar-refractivity contribution in [1.82, 2.24) is 4.90 Å². The van der Waals surface area contributed by atoms with Crippen LogP contribution in [0.3, 0.4) is 0 Å². The molecule has 1 amide bonds. The van der Waals surface area contributed by atoms with Crippen LogP contribution >= 0.6 is 0 Å². The van der Waals surface area contributed by atoms with Gasteiger partial charge in [-0.2, -0.15) is 0 Å². The van der Waals surface area contributed by atoms with Gasteiger partial charge in [-0.05, 0) is 38.5 Å². The number of carbonyl (C=O) groups excluding carboxylic acids is 1. The Morgan fingerprint density at radius 2 is 1.86 bits per heavy atom. The molecule has 0 aromatic rings. The Morgan fingerprint density at radius 1 is 1.10 bits per heavy atom. The summed E-state index contributed by atoms with van der Waals surface area (Å²) in [5.41, 5.74) is 0. The highest BCUT2D eigenvalue weighted by Gasteiger charge is 2.39. The second kappa shape index (κ2) is 6.34. The van der Waals surface area contributed by atoms with E-state index in [0.717, 1.165) is 58.3 Å². The SMILES string of the molecule is O=C(O)C1CCCC(C(=O)N(CC2CCOC2)C2CC2)C1. The van der Waals surface area contributed by atoms with Gasteiger partial charge < -0.3 is 14.7 Å². The van der Waals surface area contributed by atoms with Crippen LogP contribution < -0.4 is 0 Å². The zero-order valence-electron chi connectivity index (χ0n) is 12.5. The third-order valence-corrected chi connectivity index (χ3v) is 5.12. The van der Waals surface area contributed by atoms with Crippen LogP contribution in [0.2, 0.25) is 0 Å². The van der Waals surface area contributed by atoms with Crippen LogP contribution in [0, 0.1) is 17.8 Å². The number of amides is 1. The molecule has 1 heterocycles. The summed E-state index contributed by atoms with van der Waals surface area (Å²) in [6.07, 6.45) is 6.21. The van der Waals surface area contributed by atoms with Crippen molar-refractivity contribution in [2.24, 2.45) is 17.8 Å². The highest BCUT2D eigenvalue weighted by atomic mass is 16.5. The molecule has 1 saturated heterocycles. The quantitative estimate of drug-likeness (QED) is 0.841. The molecule has 0 aromatic carbocycles. The minimum atomic E-state index is -0.741. The monoisotopic (exact) mass is 295 g/mol. The molecule has 3 rings (SSSR count). The lowest BCUT2D eigenvalue weighted by molar-refractivity contribution is -0.145. The summed E-state index contributed by atoms with van der Waals surface area (Å²) in [7, 11) is 0. The topological polar surface area (TPSA) is 66.8 Å². The second-order valence-electron chi connectivity index (χ2n) is 6.85. The van der Waals surface area contributed by atoms with Crippen LogP contribution in [0.25, 0.3) is 0 Å². The first-order valence-electron chi connectivity index (χ1n) is 8.26. The summed E-state index contributed by atoms with van der Waals surface area (Å²) in [6, 6.07) is 0.406. The van der Waals surface area contributed by atoms with Crippen LogP contribution in [0.15, 0.2) is 0 Å². The number of hydrogen-bond acceptors (Lipinski definition) is 3. The first-order chi connectivity index (χ1) is 10.1. The van der Waals surface area contributed by atoms with Gasteiger partial charge >= 0.3 is 5.97 Å². The minimum Gasteiger partial charge on any atom is -0.481 e. The lowest BCUT2D eigenvalue weighted by atomic mass is 9.80. The number of rotatable bonds is 5. The average Bonchev–Trinajstić information content (AvgIpc) is 3.20. The summed E-state index contributed by atoms with van der Waals surface area (Å²) in [5, 5.41) is 9.19. The maximum Gasteiger partial charge on any atom is 0.306 e. The summed E-state index contributed by atoms with van der Waals surface area (Å²) >= 11 is 0. The van der Waals surface area contributed by atoms with Gasteiger partial charge in [0.05, 0.1) is 12.5 Å². The van der Waals surface area contributed by atoms with Crippen molar-refractivity contribution in [3.63, 3.8) is 0 Å². The van der Waals surface area contributed by atoms with Crippen molar-refractivity contribution < 1.29 is 19.4 Å². The zero-order chi connectivity index (χ0) is 14.8. The first-order valence-corrected chi connectivity index (χ1v) is 8.26. The zero-order valence-corrected chi connectivity index (χ0v) is 12.5. The molecule has 21 heavy (non-hydrogen) atoms. The Morgan fingerprint density at radius 3 is 2.48 bits per heavy atom. The van der Waals surface area contributed by atoms with Crippen LogP contribution in [0.5, 0.6) is 0 Å². The van der Waals surface area contributed by atoms with E-state index in [9.17, 15) is 14.7 Å². The maximum absolute atomic E-state index is 12.8. The molecule has 0 radical (unpaired) electrons. The van der Waals surface area contributed by atoms with Gasteiger partial charge in [-0.15, -0.1) is 0 Å². The number of ether oxygens (including phenoxy) is 1. The summed E-state index contributed by atoms with van der Waals surface area (Å²) in [4.78, 5) is 26.1. The van der Waals surface area contributed by atoms with Gasteiger partial charge in [-0.3, -0.25) is 9.59 Å². The van der Waals surface area contributed by atoms with Gasteiger partial charge in [0.1, 0.15) is 0 Å². The van der Waals surface area contributed by atoms with Crippen LogP contribution in [0.1, 0.15) is 44.9 Å². The van der Waals surface area contributed by atoms with Crippen molar-refractivity contribution >= 4 is 11.9 Å². The molecule has 1 aliphatic heterocycles. The maximum atomic E-state index is 12.8. The predicted octanol–water partition coefficient (Wildman–Crippen LogP) is 1.90. The van der Waals surface area contributed by atoms with Gasteiger partial charge in [0.2, 0.25) is 5.91 Å². The molecule has 3 atom stereocenters. The number of hydrogen-bond donors (Lipinski definition) is 1. The number of carbonyl (C=O) groups is 2. The third kappa shape index (κ3) is 3.57. The molecule has 2 aliphatic carbocycles. The number of carboxylic acids is 1. The van der Waals surface area contributed by atoms with E-state index in [-0.39, 0.29) is 17.7 Å². The van der Waals surface area contributed by atoms with Crippen LogP contribution in [-0.2, 0) is 14.3 Å². The molecule has 3 fully saturated rings. The number of aliphatic carboxylic acids is 1. The molecule has 3 unspecified atom stereocenters.